The van der Waals surface area contributed by atoms with Crippen LogP contribution in [0.2, 0.25) is 0 Å². The molecular weight excluding hydrogens is 509 g/mol. The van der Waals surface area contributed by atoms with E-state index in [-0.39, 0.29) is 22.4 Å². The van der Waals surface area contributed by atoms with Crippen molar-refractivity contribution in [3.63, 3.8) is 0 Å². The van der Waals surface area contributed by atoms with Crippen LogP contribution in [0.1, 0.15) is 35.1 Å². The van der Waals surface area contributed by atoms with Gasteiger partial charge in [0.05, 0.1) is 15.3 Å². The van der Waals surface area contributed by atoms with E-state index in [1.165, 1.54) is 25.3 Å². The van der Waals surface area contributed by atoms with Crippen molar-refractivity contribution in [2.24, 2.45) is 0 Å². The summed E-state index contributed by atoms with van der Waals surface area (Å²) >= 11 is 5.36. The second-order valence-electron chi connectivity index (χ2n) is 8.50. The number of rotatable bonds is 4. The Balaban J connectivity index is 1.62. The van der Waals surface area contributed by atoms with Crippen LogP contribution in [-0.4, -0.2) is 43.1 Å². The van der Waals surface area contributed by atoms with E-state index in [9.17, 15) is 27.3 Å². The van der Waals surface area contributed by atoms with Crippen LogP contribution in [0, 0.1) is 0 Å². The highest BCUT2D eigenvalue weighted by Crippen LogP contribution is 2.44. The molecule has 0 heterocycles. The van der Waals surface area contributed by atoms with Crippen molar-refractivity contribution in [1.29, 1.82) is 0 Å². The molecule has 1 unspecified atom stereocenters. The number of halogens is 3. The molecular formula is C26H23F3N2O3S2. The summed E-state index contributed by atoms with van der Waals surface area (Å²) in [5.74, 6) is -0.277. The Morgan fingerprint density at radius 3 is 1.97 bits per heavy atom. The highest BCUT2D eigenvalue weighted by Gasteiger charge is 2.33. The van der Waals surface area contributed by atoms with Crippen molar-refractivity contribution in [2.75, 3.05) is 12.8 Å². The van der Waals surface area contributed by atoms with Crippen LogP contribution in [0.5, 0.6) is 0 Å². The molecule has 36 heavy (non-hydrogen) atoms. The average molecular weight is 533 g/mol. The van der Waals surface area contributed by atoms with Crippen LogP contribution in [0.15, 0.2) is 72.8 Å². The van der Waals surface area contributed by atoms with Crippen molar-refractivity contribution < 1.29 is 27.3 Å². The summed E-state index contributed by atoms with van der Waals surface area (Å²) < 4.78 is 54.8. The van der Waals surface area contributed by atoms with Crippen molar-refractivity contribution in [3.8, 4) is 11.1 Å². The molecule has 1 amide bonds. The molecule has 0 saturated heterocycles. The largest absolute Gasteiger partial charge is 0.465 e. The van der Waals surface area contributed by atoms with Crippen LogP contribution in [-0.2, 0) is 15.9 Å². The van der Waals surface area contributed by atoms with Crippen molar-refractivity contribution >= 4 is 38.0 Å². The number of thiocarbonyl (C=S) groups is 1. The van der Waals surface area contributed by atoms with Gasteiger partial charge in [0.1, 0.15) is 0 Å². The average Bonchev–Trinajstić information content (AvgIpc) is 3.14. The van der Waals surface area contributed by atoms with Gasteiger partial charge in [0, 0.05) is 23.6 Å². The molecule has 3 aromatic rings. The number of amides is 1. The first-order chi connectivity index (χ1) is 16.9. The smallest absolute Gasteiger partial charge is 0.416 e. The molecule has 0 bridgehead atoms. The summed E-state index contributed by atoms with van der Waals surface area (Å²) in [5.41, 5.74) is 3.49. The number of nitrogens with zero attached hydrogens (tertiary/aromatic N) is 1. The van der Waals surface area contributed by atoms with E-state index < -0.39 is 27.5 Å². The van der Waals surface area contributed by atoms with E-state index in [1.807, 2.05) is 48.5 Å². The molecule has 10 heteroatoms. The standard InChI is InChI=1S/C26H23F3N2O3S2/c1-16(17-11-13-18(14-12-17)26(27,28)29)36(2,34)30-24(35)31(25(32)33)15-23-21-9-5-3-7-19(21)20-8-4-6-10-22(20)23/h3-14,23H,15H2,1-2H3,(H,32,33)(H,30,34,35). The van der Waals surface area contributed by atoms with Crippen LogP contribution in [0.3, 0.4) is 0 Å². The van der Waals surface area contributed by atoms with Crippen LogP contribution in [0.25, 0.3) is 11.1 Å². The van der Waals surface area contributed by atoms with Crippen LogP contribution >= 0.6 is 12.2 Å². The molecule has 0 radical (unpaired) electrons. The van der Waals surface area contributed by atoms with E-state index in [0.717, 1.165) is 39.3 Å². The van der Waals surface area contributed by atoms with E-state index >= 15 is 0 Å². The lowest BCUT2D eigenvalue weighted by Crippen LogP contribution is -2.47. The summed E-state index contributed by atoms with van der Waals surface area (Å²) in [7, 11) is -3.10. The van der Waals surface area contributed by atoms with E-state index in [2.05, 4.69) is 4.72 Å². The van der Waals surface area contributed by atoms with E-state index in [0.29, 0.717) is 5.56 Å². The first-order valence-electron chi connectivity index (χ1n) is 10.9. The van der Waals surface area contributed by atoms with Gasteiger partial charge in [-0.2, -0.15) is 13.2 Å². The monoisotopic (exact) mass is 532 g/mol. The molecule has 0 saturated carbocycles. The minimum absolute atomic E-state index is 0.00401. The van der Waals surface area contributed by atoms with Crippen LogP contribution < -0.4 is 4.72 Å². The molecule has 4 rings (SSSR count). The maximum atomic E-state index is 13.5. The zero-order chi connectivity index (χ0) is 26.3. The fourth-order valence-electron chi connectivity index (χ4n) is 4.30. The molecule has 188 valence electrons. The van der Waals surface area contributed by atoms with E-state index in [4.69, 9.17) is 12.2 Å². The maximum absolute atomic E-state index is 13.5. The Morgan fingerprint density at radius 1 is 1.00 bits per heavy atom. The SMILES string of the molecule is CC(c1ccc(C(F)(F)F)cc1)=S(C)(=O)NC(=S)N(CC1c2ccccc2-c2ccccc21)C(=O)O. The Morgan fingerprint density at radius 2 is 1.50 bits per heavy atom. The van der Waals surface area contributed by atoms with Crippen molar-refractivity contribution in [3.05, 3.63) is 95.1 Å². The van der Waals surface area contributed by atoms with Gasteiger partial charge in [-0.1, -0.05) is 60.7 Å². The third-order valence-electron chi connectivity index (χ3n) is 6.29. The Kier molecular flexibility index (Phi) is 6.85. The number of carboxylic acid groups (broad SMARTS) is 1. The van der Waals surface area contributed by atoms with Gasteiger partial charge in [-0.3, -0.25) is 9.62 Å². The third kappa shape index (κ3) is 4.96. The lowest BCUT2D eigenvalue weighted by atomic mass is 9.96. The lowest BCUT2D eigenvalue weighted by molar-refractivity contribution is -0.137. The van der Waals surface area contributed by atoms with Gasteiger partial charge in [-0.15, -0.1) is 0 Å². The molecule has 1 atom stereocenters. The number of hydrogen-bond donors (Lipinski definition) is 2. The summed E-state index contributed by atoms with van der Waals surface area (Å²) in [4.78, 5) is 13.4. The predicted octanol–water partition coefficient (Wildman–Crippen LogP) is 5.74. The second kappa shape index (κ2) is 9.59. The zero-order valence-corrected chi connectivity index (χ0v) is 21.0. The molecule has 0 aromatic heterocycles. The van der Waals surface area contributed by atoms with E-state index in [1.54, 1.807) is 0 Å². The van der Waals surface area contributed by atoms with Gasteiger partial charge < -0.3 is 5.11 Å². The number of benzene rings is 3. The Labute approximate surface area is 212 Å². The fourth-order valence-corrected chi connectivity index (χ4v) is 6.12. The predicted molar refractivity (Wildman–Crippen MR) is 139 cm³/mol. The minimum atomic E-state index is -4.49. The highest BCUT2D eigenvalue weighted by atomic mass is 32.2. The van der Waals surface area contributed by atoms with Crippen LogP contribution in [0.4, 0.5) is 18.0 Å². The molecule has 0 fully saturated rings. The quantitative estimate of drug-likeness (QED) is 0.332. The van der Waals surface area contributed by atoms with Gasteiger partial charge in [0.25, 0.3) is 0 Å². The first kappa shape index (κ1) is 25.7. The summed E-state index contributed by atoms with van der Waals surface area (Å²) in [6.07, 6.45) is -4.46. The molecule has 1 aliphatic rings. The molecule has 3 aromatic carbocycles. The Hall–Kier alpha value is -3.37. The van der Waals surface area contributed by atoms with Gasteiger partial charge >= 0.3 is 12.3 Å². The maximum Gasteiger partial charge on any atom is 0.416 e. The van der Waals surface area contributed by atoms with Crippen molar-refractivity contribution in [2.45, 2.75) is 19.0 Å². The fraction of sp³-hybridized carbons (Fsp3) is 0.192. The second-order valence-corrected chi connectivity index (χ2v) is 11.4. The highest BCUT2D eigenvalue weighted by molar-refractivity contribution is 8.01. The molecule has 1 aliphatic carbocycles. The first-order valence-corrected chi connectivity index (χ1v) is 13.3. The minimum Gasteiger partial charge on any atom is -0.465 e. The number of alkyl halides is 3. The van der Waals surface area contributed by atoms with Crippen molar-refractivity contribution in [1.82, 2.24) is 9.62 Å². The molecule has 0 spiro atoms. The van der Waals surface area contributed by atoms with Gasteiger partial charge in [-0.05, 0) is 59.1 Å². The normalized spacial score (nSPS) is 14.4. The van der Waals surface area contributed by atoms with Gasteiger partial charge in [0.2, 0.25) is 0 Å². The Bertz CT molecular complexity index is 1410. The topological polar surface area (TPSA) is 69.6 Å². The molecule has 0 aliphatic heterocycles. The molecule has 5 nitrogen and oxygen atoms in total. The summed E-state index contributed by atoms with van der Waals surface area (Å²) in [6, 6.07) is 19.8. The molecule has 2 N–H and O–H groups in total. The van der Waals surface area contributed by atoms with Gasteiger partial charge in [-0.25, -0.2) is 9.00 Å². The van der Waals surface area contributed by atoms with Gasteiger partial charge in [0.15, 0.2) is 5.11 Å². The number of nitrogens with one attached hydrogen (secondary N) is 1. The summed E-state index contributed by atoms with van der Waals surface area (Å²) in [5, 5.41) is 9.70. The number of fused-ring (bicyclic) bond motifs is 3. The number of hydrogen-bond acceptors (Lipinski definition) is 3. The number of carbonyl (C=O) groups is 1. The summed E-state index contributed by atoms with van der Waals surface area (Å²) in [6.45, 7) is 1.51. The lowest BCUT2D eigenvalue weighted by Gasteiger charge is -2.26. The zero-order valence-electron chi connectivity index (χ0n) is 19.4. The third-order valence-corrected chi connectivity index (χ3v) is 8.73.